The molecule has 1 fully saturated rings. The first-order valence-corrected chi connectivity index (χ1v) is 21.1. The summed E-state index contributed by atoms with van der Waals surface area (Å²) in [6, 6.07) is 30.3. The SMILES string of the molecule is CC(C)Oc1ccccc1[CH]=[Ru]([Cl])[Cl].CC(C)c1cccc(C(C)C)c1N1[CH-][C@@](C)(c2ccc3ccccc3c2)CC1(C)C. The van der Waals surface area contributed by atoms with Crippen molar-refractivity contribution in [2.24, 2.45) is 0 Å². The van der Waals surface area contributed by atoms with E-state index in [4.69, 9.17) is 24.1 Å². The van der Waals surface area contributed by atoms with Crippen LogP contribution in [0.4, 0.5) is 5.69 Å². The molecule has 5 heteroatoms. The first kappa shape index (κ1) is 34.7. The number of halogens is 2. The predicted molar refractivity (Wildman–Crippen MR) is 190 cm³/mol. The molecular weight excluding hydrogens is 670 g/mol. The average molecular weight is 719 g/mol. The van der Waals surface area contributed by atoms with Crippen molar-refractivity contribution in [3.63, 3.8) is 0 Å². The Balaban J connectivity index is 0.000000265. The smallest absolute Gasteiger partial charge is 0.0145 e. The Morgan fingerprint density at radius 3 is 1.95 bits per heavy atom. The molecule has 2 nitrogen and oxygen atoms in total. The molecular formula is C39H48Cl2NORu-. The van der Waals surface area contributed by atoms with Crippen LogP contribution in [-0.4, -0.2) is 16.3 Å². The Hall–Kier alpha value is -2.19. The first-order chi connectivity index (χ1) is 20.7. The van der Waals surface area contributed by atoms with Gasteiger partial charge in [0, 0.05) is 11.2 Å². The molecule has 0 aliphatic carbocycles. The molecule has 1 aliphatic rings. The normalized spacial score (nSPS) is 18.0. The van der Waals surface area contributed by atoms with E-state index in [9.17, 15) is 0 Å². The van der Waals surface area contributed by atoms with Crippen molar-refractivity contribution in [2.75, 3.05) is 4.90 Å². The maximum absolute atomic E-state index is 5.82. The first-order valence-electron chi connectivity index (χ1n) is 15.6. The van der Waals surface area contributed by atoms with Gasteiger partial charge < -0.3 is 4.90 Å². The molecule has 0 radical (unpaired) electrons. The van der Waals surface area contributed by atoms with E-state index in [-0.39, 0.29) is 17.1 Å². The number of benzene rings is 4. The summed E-state index contributed by atoms with van der Waals surface area (Å²) in [5, 5.41) is 2.64. The van der Waals surface area contributed by atoms with Gasteiger partial charge >= 0.3 is 97.8 Å². The number of ether oxygens (including phenoxy) is 1. The van der Waals surface area contributed by atoms with Crippen molar-refractivity contribution in [1.29, 1.82) is 0 Å². The van der Waals surface area contributed by atoms with E-state index in [1.807, 2.05) is 42.7 Å². The number of hydrogen-bond donors (Lipinski definition) is 0. The summed E-state index contributed by atoms with van der Waals surface area (Å²) in [7, 11) is 11.6. The molecule has 0 saturated carbocycles. The van der Waals surface area contributed by atoms with Gasteiger partial charge in [0.25, 0.3) is 0 Å². The largest absolute Gasteiger partial charge is 0.517 e. The van der Waals surface area contributed by atoms with E-state index in [0.29, 0.717) is 11.8 Å². The van der Waals surface area contributed by atoms with E-state index in [1.54, 1.807) is 0 Å². The van der Waals surface area contributed by atoms with Crippen LogP contribution < -0.4 is 9.64 Å². The fourth-order valence-corrected chi connectivity index (χ4v) is 8.18. The van der Waals surface area contributed by atoms with Gasteiger partial charge in [-0.2, -0.15) is 0 Å². The molecule has 1 saturated heterocycles. The zero-order valence-corrected chi connectivity index (χ0v) is 30.9. The third-order valence-electron chi connectivity index (χ3n) is 8.33. The molecule has 44 heavy (non-hydrogen) atoms. The molecule has 0 bridgehead atoms. The van der Waals surface area contributed by atoms with E-state index in [1.165, 1.54) is 33.2 Å². The standard InChI is InChI=1S/C29H36N.C10H12O.2ClH.Ru/c1-20(2)25-13-10-14-26(21(3)4)27(25)30-19-29(7,18-28(30,5)6)24-16-15-22-11-8-9-12-23(22)17-24;1-8(2)11-10-7-5-4-6-9(10)3;;;/h8-17,19-21H,18H2,1-7H3;3-8H,1-2H3;2*1H;/q-1;;;;+2/p-2/t29-;;;;/m0..../s1. The van der Waals surface area contributed by atoms with Gasteiger partial charge in [-0.3, -0.25) is 0 Å². The number of fused-ring (bicyclic) bond motifs is 1. The van der Waals surface area contributed by atoms with E-state index < -0.39 is 13.5 Å². The van der Waals surface area contributed by atoms with Crippen LogP contribution in [0.25, 0.3) is 10.8 Å². The van der Waals surface area contributed by atoms with Gasteiger partial charge in [-0.05, 0) is 54.0 Å². The van der Waals surface area contributed by atoms with Crippen molar-refractivity contribution < 1.29 is 18.3 Å². The van der Waals surface area contributed by atoms with Crippen LogP contribution >= 0.6 is 19.4 Å². The molecule has 238 valence electrons. The third kappa shape index (κ3) is 8.14. The van der Waals surface area contributed by atoms with E-state index in [0.717, 1.165) is 17.7 Å². The summed E-state index contributed by atoms with van der Waals surface area (Å²) in [5.74, 6) is 1.84. The fraction of sp³-hybridized carbons (Fsp3) is 0.385. The second-order valence-electron chi connectivity index (χ2n) is 13.6. The van der Waals surface area contributed by atoms with Crippen molar-refractivity contribution in [3.05, 3.63) is 114 Å². The quantitative estimate of drug-likeness (QED) is 0.139. The maximum atomic E-state index is 5.82. The van der Waals surface area contributed by atoms with Crippen molar-refractivity contribution in [2.45, 2.75) is 97.6 Å². The summed E-state index contributed by atoms with van der Waals surface area (Å²) in [6.07, 6.45) is 1.26. The summed E-state index contributed by atoms with van der Waals surface area (Å²) in [5.41, 5.74) is 6.79. The molecule has 1 heterocycles. The molecule has 0 spiro atoms. The maximum Gasteiger partial charge on any atom is 0.0145 e. The third-order valence-corrected chi connectivity index (χ3v) is 10.2. The van der Waals surface area contributed by atoms with Gasteiger partial charge in [-0.25, -0.2) is 6.54 Å². The number of hydrogen-bond acceptors (Lipinski definition) is 2. The Morgan fingerprint density at radius 2 is 1.36 bits per heavy atom. The average Bonchev–Trinajstić information content (AvgIpc) is 3.22. The Bertz CT molecular complexity index is 1580. The summed E-state index contributed by atoms with van der Waals surface area (Å²) < 4.78 is 7.51. The van der Waals surface area contributed by atoms with Gasteiger partial charge in [0.1, 0.15) is 0 Å². The fourth-order valence-electron chi connectivity index (χ4n) is 6.38. The molecule has 4 aromatic carbocycles. The van der Waals surface area contributed by atoms with Gasteiger partial charge in [0.2, 0.25) is 0 Å². The van der Waals surface area contributed by atoms with Crippen molar-refractivity contribution in [1.82, 2.24) is 0 Å². The molecule has 4 aromatic rings. The van der Waals surface area contributed by atoms with E-state index in [2.05, 4.69) is 121 Å². The van der Waals surface area contributed by atoms with Crippen LogP contribution in [0.3, 0.4) is 0 Å². The Labute approximate surface area is 279 Å². The van der Waals surface area contributed by atoms with Crippen LogP contribution in [-0.2, 0) is 18.9 Å². The van der Waals surface area contributed by atoms with Crippen molar-refractivity contribution in [3.8, 4) is 5.75 Å². The second-order valence-corrected chi connectivity index (χ2v) is 19.3. The molecule has 0 aromatic heterocycles. The monoisotopic (exact) mass is 718 g/mol. The van der Waals surface area contributed by atoms with Crippen LogP contribution in [0.15, 0.2) is 84.9 Å². The Morgan fingerprint density at radius 1 is 0.773 bits per heavy atom. The number of anilines is 1. The zero-order valence-electron chi connectivity index (χ0n) is 27.6. The minimum absolute atomic E-state index is 0.00583. The molecule has 5 rings (SSSR count). The van der Waals surface area contributed by atoms with Gasteiger partial charge in [0.05, 0.1) is 0 Å². The molecule has 0 N–H and O–H groups in total. The molecule has 0 unspecified atom stereocenters. The predicted octanol–water partition coefficient (Wildman–Crippen LogP) is 11.7. The van der Waals surface area contributed by atoms with E-state index >= 15 is 0 Å². The van der Waals surface area contributed by atoms with Crippen LogP contribution in [0.2, 0.25) is 0 Å². The second kappa shape index (κ2) is 14.5. The summed E-state index contributed by atoms with van der Waals surface area (Å²) in [6.45, 7) is 23.0. The van der Waals surface area contributed by atoms with Crippen LogP contribution in [0, 0.1) is 6.54 Å². The summed E-state index contributed by atoms with van der Waals surface area (Å²) in [4.78, 5) is 2.60. The van der Waals surface area contributed by atoms with Gasteiger partial charge in [-0.1, -0.05) is 101 Å². The molecule has 1 atom stereocenters. The number of nitrogens with zero attached hydrogens (tertiary/aromatic N) is 1. The summed E-state index contributed by atoms with van der Waals surface area (Å²) >= 11 is -1.77. The number of rotatable bonds is 7. The van der Waals surface area contributed by atoms with Crippen LogP contribution in [0.5, 0.6) is 5.75 Å². The molecule has 0 amide bonds. The number of para-hydroxylation sites is 2. The minimum Gasteiger partial charge on any atom is -0.517 e. The topological polar surface area (TPSA) is 12.5 Å². The van der Waals surface area contributed by atoms with Gasteiger partial charge in [-0.15, -0.1) is 5.41 Å². The van der Waals surface area contributed by atoms with Gasteiger partial charge in [0.15, 0.2) is 0 Å². The minimum atomic E-state index is -1.77. The Kier molecular flexibility index (Phi) is 11.4. The molecule has 1 aliphatic heterocycles. The van der Waals surface area contributed by atoms with Crippen molar-refractivity contribution >= 4 is 40.5 Å². The van der Waals surface area contributed by atoms with Crippen LogP contribution in [0.1, 0.15) is 103 Å². The zero-order chi connectivity index (χ0) is 32.2.